The first-order valence-corrected chi connectivity index (χ1v) is 8.16. The molecule has 5 nitrogen and oxygen atoms in total. The molecule has 0 unspecified atom stereocenters. The first kappa shape index (κ1) is 17.7. The molecule has 0 atom stereocenters. The number of rotatable bonds is 8. The fourth-order valence-electron chi connectivity index (χ4n) is 2.34. The quantitative estimate of drug-likeness (QED) is 0.731. The topological polar surface area (TPSA) is 71.1 Å². The maximum Gasteiger partial charge on any atom is 0.252 e. The van der Waals surface area contributed by atoms with Gasteiger partial charge in [-0.3, -0.25) is 14.6 Å². The first-order chi connectivity index (χ1) is 11.7. The van der Waals surface area contributed by atoms with Crippen molar-refractivity contribution in [1.29, 1.82) is 0 Å². The Balaban J connectivity index is 1.58. The predicted molar refractivity (Wildman–Crippen MR) is 93.7 cm³/mol. The van der Waals surface area contributed by atoms with E-state index < -0.39 is 0 Å². The number of carbonyl (C=O) groups excluding carboxylic acids is 2. The Morgan fingerprint density at radius 2 is 1.83 bits per heavy atom. The summed E-state index contributed by atoms with van der Waals surface area (Å²) in [7, 11) is 0. The Bertz CT molecular complexity index is 671. The average molecular weight is 325 g/mol. The van der Waals surface area contributed by atoms with Crippen molar-refractivity contribution in [1.82, 2.24) is 15.6 Å². The maximum atomic E-state index is 11.8. The van der Waals surface area contributed by atoms with Gasteiger partial charge in [0.15, 0.2) is 0 Å². The molecule has 1 aromatic carbocycles. The van der Waals surface area contributed by atoms with Crippen LogP contribution in [-0.4, -0.2) is 29.9 Å². The van der Waals surface area contributed by atoms with Crippen LogP contribution < -0.4 is 10.6 Å². The third-order valence-corrected chi connectivity index (χ3v) is 3.77. The van der Waals surface area contributed by atoms with Crippen LogP contribution in [0.4, 0.5) is 0 Å². The minimum absolute atomic E-state index is 0.0387. The molecule has 24 heavy (non-hydrogen) atoms. The van der Waals surface area contributed by atoms with Gasteiger partial charge >= 0.3 is 0 Å². The second-order valence-electron chi connectivity index (χ2n) is 5.63. The lowest BCUT2D eigenvalue weighted by molar-refractivity contribution is -0.121. The van der Waals surface area contributed by atoms with Crippen LogP contribution in [0.15, 0.2) is 48.8 Å². The molecule has 0 saturated carbocycles. The second kappa shape index (κ2) is 9.45. The number of carbonyl (C=O) groups is 2. The van der Waals surface area contributed by atoms with Crippen LogP contribution in [0.2, 0.25) is 0 Å². The van der Waals surface area contributed by atoms with E-state index in [1.54, 1.807) is 18.3 Å². The smallest absolute Gasteiger partial charge is 0.252 e. The lowest BCUT2D eigenvalue weighted by Crippen LogP contribution is -2.30. The zero-order chi connectivity index (χ0) is 17.2. The van der Waals surface area contributed by atoms with E-state index in [4.69, 9.17) is 0 Å². The fraction of sp³-hybridized carbons (Fsp3) is 0.316. The van der Waals surface area contributed by atoms with E-state index in [0.717, 1.165) is 6.42 Å². The Labute approximate surface area is 142 Å². The summed E-state index contributed by atoms with van der Waals surface area (Å²) in [6.45, 7) is 3.13. The number of amides is 2. The third-order valence-electron chi connectivity index (χ3n) is 3.77. The SMILES string of the molecule is Cc1ccccc1CCC(=O)NCCCNC(=O)c1cccnc1. The van der Waals surface area contributed by atoms with E-state index in [9.17, 15) is 9.59 Å². The van der Waals surface area contributed by atoms with Gasteiger partial charge < -0.3 is 10.6 Å². The zero-order valence-corrected chi connectivity index (χ0v) is 13.9. The van der Waals surface area contributed by atoms with Crippen LogP contribution in [0.3, 0.4) is 0 Å². The van der Waals surface area contributed by atoms with Gasteiger partial charge in [0.2, 0.25) is 5.91 Å². The summed E-state index contributed by atoms with van der Waals surface area (Å²) < 4.78 is 0. The standard InChI is InChI=1S/C19H23N3O2/c1-15-6-2-3-7-16(15)9-10-18(23)21-12-5-13-22-19(24)17-8-4-11-20-14-17/h2-4,6-8,11,14H,5,9-10,12-13H2,1H3,(H,21,23)(H,22,24). The van der Waals surface area contributed by atoms with Crippen molar-refractivity contribution in [3.8, 4) is 0 Å². The lowest BCUT2D eigenvalue weighted by atomic mass is 10.0. The van der Waals surface area contributed by atoms with E-state index in [-0.39, 0.29) is 11.8 Å². The molecule has 126 valence electrons. The highest BCUT2D eigenvalue weighted by Gasteiger charge is 2.05. The fourth-order valence-corrected chi connectivity index (χ4v) is 2.34. The summed E-state index contributed by atoms with van der Waals surface area (Å²) in [6.07, 6.45) is 5.08. The molecule has 2 aromatic rings. The highest BCUT2D eigenvalue weighted by Crippen LogP contribution is 2.09. The van der Waals surface area contributed by atoms with Crippen molar-refractivity contribution >= 4 is 11.8 Å². The van der Waals surface area contributed by atoms with Gasteiger partial charge in [-0.05, 0) is 43.0 Å². The van der Waals surface area contributed by atoms with E-state index in [1.165, 1.54) is 17.3 Å². The Kier molecular flexibility index (Phi) is 6.95. The molecule has 2 rings (SSSR count). The largest absolute Gasteiger partial charge is 0.356 e. The zero-order valence-electron chi connectivity index (χ0n) is 13.9. The molecular weight excluding hydrogens is 302 g/mol. The number of hydrogen-bond acceptors (Lipinski definition) is 3. The van der Waals surface area contributed by atoms with Crippen LogP contribution in [0.25, 0.3) is 0 Å². The molecule has 2 amide bonds. The molecule has 5 heteroatoms. The van der Waals surface area contributed by atoms with Gasteiger partial charge in [0.1, 0.15) is 0 Å². The van der Waals surface area contributed by atoms with Crippen molar-refractivity contribution < 1.29 is 9.59 Å². The van der Waals surface area contributed by atoms with E-state index >= 15 is 0 Å². The van der Waals surface area contributed by atoms with Gasteiger partial charge in [-0.2, -0.15) is 0 Å². The second-order valence-corrected chi connectivity index (χ2v) is 5.63. The van der Waals surface area contributed by atoms with Crippen molar-refractivity contribution in [3.05, 3.63) is 65.5 Å². The molecule has 0 saturated heterocycles. The number of nitrogens with zero attached hydrogens (tertiary/aromatic N) is 1. The third kappa shape index (κ3) is 5.83. The highest BCUT2D eigenvalue weighted by atomic mass is 16.2. The molecule has 0 aliphatic rings. The average Bonchev–Trinajstić information content (AvgIpc) is 2.61. The predicted octanol–water partition coefficient (Wildman–Crippen LogP) is 2.26. The highest BCUT2D eigenvalue weighted by molar-refractivity contribution is 5.93. The van der Waals surface area contributed by atoms with Crippen LogP contribution in [0.5, 0.6) is 0 Å². The molecule has 0 aliphatic carbocycles. The van der Waals surface area contributed by atoms with Crippen LogP contribution in [0, 0.1) is 6.92 Å². The molecule has 2 N–H and O–H groups in total. The minimum atomic E-state index is -0.144. The van der Waals surface area contributed by atoms with Crippen LogP contribution >= 0.6 is 0 Å². The van der Waals surface area contributed by atoms with Crippen LogP contribution in [0.1, 0.15) is 34.3 Å². The number of aromatic nitrogens is 1. The molecular formula is C19H23N3O2. The van der Waals surface area contributed by atoms with E-state index in [2.05, 4.69) is 34.7 Å². The first-order valence-electron chi connectivity index (χ1n) is 8.16. The van der Waals surface area contributed by atoms with Gasteiger partial charge in [-0.25, -0.2) is 0 Å². The van der Waals surface area contributed by atoms with Gasteiger partial charge in [0, 0.05) is 31.9 Å². The number of nitrogens with one attached hydrogen (secondary N) is 2. The summed E-state index contributed by atoms with van der Waals surface area (Å²) in [5.41, 5.74) is 2.96. The number of pyridine rings is 1. The molecule has 0 fully saturated rings. The van der Waals surface area contributed by atoms with Crippen molar-refractivity contribution in [2.24, 2.45) is 0 Å². The summed E-state index contributed by atoms with van der Waals surface area (Å²) in [6, 6.07) is 11.5. The molecule has 0 bridgehead atoms. The summed E-state index contributed by atoms with van der Waals surface area (Å²) >= 11 is 0. The molecule has 1 aromatic heterocycles. The summed E-state index contributed by atoms with van der Waals surface area (Å²) in [4.78, 5) is 27.5. The van der Waals surface area contributed by atoms with Crippen molar-refractivity contribution in [2.45, 2.75) is 26.2 Å². The maximum absolute atomic E-state index is 11.8. The van der Waals surface area contributed by atoms with Gasteiger partial charge in [-0.15, -0.1) is 0 Å². The Morgan fingerprint density at radius 1 is 1.04 bits per heavy atom. The molecule has 0 aliphatic heterocycles. The minimum Gasteiger partial charge on any atom is -0.356 e. The monoisotopic (exact) mass is 325 g/mol. The lowest BCUT2D eigenvalue weighted by Gasteiger charge is -2.08. The van der Waals surface area contributed by atoms with Gasteiger partial charge in [0.05, 0.1) is 5.56 Å². The summed E-state index contributed by atoms with van der Waals surface area (Å²) in [5, 5.41) is 5.69. The Hall–Kier alpha value is -2.69. The molecule has 0 radical (unpaired) electrons. The van der Waals surface area contributed by atoms with Crippen molar-refractivity contribution in [3.63, 3.8) is 0 Å². The number of aryl methyl sites for hydroxylation is 2. The van der Waals surface area contributed by atoms with Crippen LogP contribution in [-0.2, 0) is 11.2 Å². The molecule has 0 spiro atoms. The van der Waals surface area contributed by atoms with Gasteiger partial charge in [0.25, 0.3) is 5.91 Å². The number of benzene rings is 1. The normalized spacial score (nSPS) is 10.2. The van der Waals surface area contributed by atoms with Crippen molar-refractivity contribution in [2.75, 3.05) is 13.1 Å². The number of hydrogen-bond donors (Lipinski definition) is 2. The Morgan fingerprint density at radius 3 is 2.58 bits per heavy atom. The van der Waals surface area contributed by atoms with E-state index in [1.807, 2.05) is 12.1 Å². The van der Waals surface area contributed by atoms with Gasteiger partial charge in [-0.1, -0.05) is 24.3 Å². The molecule has 1 heterocycles. The van der Waals surface area contributed by atoms with E-state index in [0.29, 0.717) is 31.5 Å². The summed E-state index contributed by atoms with van der Waals surface area (Å²) in [5.74, 6) is -0.106.